The van der Waals surface area contributed by atoms with Gasteiger partial charge in [-0.15, -0.1) is 0 Å². The molecule has 2 aliphatic heterocycles. The molecule has 0 spiro atoms. The molecular formula is C19H32N2. The summed E-state index contributed by atoms with van der Waals surface area (Å²) in [5, 5.41) is 0. The van der Waals surface area contributed by atoms with Crippen LogP contribution in [0.5, 0.6) is 0 Å². The lowest BCUT2D eigenvalue weighted by Gasteiger charge is -2.39. The summed E-state index contributed by atoms with van der Waals surface area (Å²) in [5.74, 6) is 2.85. The quantitative estimate of drug-likeness (QED) is 0.733. The zero-order chi connectivity index (χ0) is 14.1. The molecule has 2 saturated heterocycles. The average molecular weight is 288 g/mol. The molecule has 3 atom stereocenters. The van der Waals surface area contributed by atoms with Crippen LogP contribution < -0.4 is 0 Å². The van der Waals surface area contributed by atoms with Gasteiger partial charge >= 0.3 is 0 Å². The third-order valence-corrected chi connectivity index (χ3v) is 6.62. The first-order valence-electron chi connectivity index (χ1n) is 9.53. The minimum atomic E-state index is 0.902. The summed E-state index contributed by atoms with van der Waals surface area (Å²) in [5.41, 5.74) is 0. The predicted molar refractivity (Wildman–Crippen MR) is 88.3 cm³/mol. The van der Waals surface area contributed by atoms with E-state index in [-0.39, 0.29) is 0 Å². The second-order valence-corrected chi connectivity index (χ2v) is 8.02. The average Bonchev–Trinajstić information content (AvgIpc) is 3.02. The lowest BCUT2D eigenvalue weighted by atomic mass is 9.92. The topological polar surface area (TPSA) is 6.48 Å². The molecule has 0 unspecified atom stereocenters. The molecule has 3 fully saturated rings. The van der Waals surface area contributed by atoms with Crippen molar-refractivity contribution in [2.45, 2.75) is 57.4 Å². The number of rotatable bonds is 3. The van der Waals surface area contributed by atoms with Crippen LogP contribution in [0.4, 0.5) is 0 Å². The first-order valence-corrected chi connectivity index (χ1v) is 9.53. The third-order valence-electron chi connectivity index (χ3n) is 6.62. The van der Waals surface area contributed by atoms with E-state index in [1.807, 2.05) is 0 Å². The molecule has 0 amide bonds. The van der Waals surface area contributed by atoms with Crippen LogP contribution in [-0.4, -0.2) is 48.6 Å². The van der Waals surface area contributed by atoms with Crippen molar-refractivity contribution in [2.75, 3.05) is 32.7 Å². The molecule has 2 heteroatoms. The monoisotopic (exact) mass is 288 g/mol. The first-order chi connectivity index (χ1) is 10.4. The molecule has 4 aliphatic rings. The minimum Gasteiger partial charge on any atom is -0.303 e. The molecule has 0 aromatic heterocycles. The van der Waals surface area contributed by atoms with E-state index in [0.717, 1.165) is 23.8 Å². The molecular weight excluding hydrogens is 256 g/mol. The summed E-state index contributed by atoms with van der Waals surface area (Å²) in [6, 6.07) is 0.902. The smallest absolute Gasteiger partial charge is 0.0120 e. The molecule has 0 aromatic rings. The molecule has 0 aromatic carbocycles. The maximum absolute atomic E-state index is 2.82. The molecule has 21 heavy (non-hydrogen) atoms. The number of fused-ring (bicyclic) bond motifs is 2. The van der Waals surface area contributed by atoms with Crippen molar-refractivity contribution in [1.82, 2.24) is 9.80 Å². The Labute approximate surface area is 130 Å². The van der Waals surface area contributed by atoms with Gasteiger partial charge < -0.3 is 9.80 Å². The van der Waals surface area contributed by atoms with E-state index < -0.39 is 0 Å². The van der Waals surface area contributed by atoms with Crippen molar-refractivity contribution >= 4 is 0 Å². The zero-order valence-corrected chi connectivity index (χ0v) is 13.6. The van der Waals surface area contributed by atoms with Gasteiger partial charge in [0.15, 0.2) is 0 Å². The van der Waals surface area contributed by atoms with Gasteiger partial charge in [0.1, 0.15) is 0 Å². The van der Waals surface area contributed by atoms with Crippen LogP contribution in [0.15, 0.2) is 12.2 Å². The molecule has 118 valence electrons. The molecule has 2 bridgehead atoms. The van der Waals surface area contributed by atoms with Gasteiger partial charge in [-0.25, -0.2) is 0 Å². The molecule has 0 radical (unpaired) electrons. The summed E-state index contributed by atoms with van der Waals surface area (Å²) in [4.78, 5) is 5.61. The third kappa shape index (κ3) is 3.22. The first kappa shape index (κ1) is 14.3. The Kier molecular flexibility index (Phi) is 4.36. The van der Waals surface area contributed by atoms with Crippen molar-refractivity contribution < 1.29 is 0 Å². The van der Waals surface area contributed by atoms with Gasteiger partial charge in [0.25, 0.3) is 0 Å². The Balaban J connectivity index is 1.24. The molecule has 0 N–H and O–H groups in total. The van der Waals surface area contributed by atoms with Crippen LogP contribution in [-0.2, 0) is 0 Å². The van der Waals surface area contributed by atoms with Crippen molar-refractivity contribution in [2.24, 2.45) is 17.8 Å². The van der Waals surface area contributed by atoms with Crippen LogP contribution in [0, 0.1) is 17.8 Å². The van der Waals surface area contributed by atoms with Gasteiger partial charge in [0.2, 0.25) is 0 Å². The summed E-state index contributed by atoms with van der Waals surface area (Å²) < 4.78 is 0. The normalized spacial score (nSPS) is 39.0. The van der Waals surface area contributed by atoms with Gasteiger partial charge in [-0.1, -0.05) is 25.0 Å². The van der Waals surface area contributed by atoms with Gasteiger partial charge in [-0.3, -0.25) is 0 Å². The lowest BCUT2D eigenvalue weighted by molar-refractivity contribution is 0.0980. The van der Waals surface area contributed by atoms with Gasteiger partial charge in [-0.05, 0) is 82.5 Å². The fraction of sp³-hybridized carbons (Fsp3) is 0.895. The van der Waals surface area contributed by atoms with E-state index in [9.17, 15) is 0 Å². The number of likely N-dealkylation sites (tertiary alicyclic amines) is 2. The van der Waals surface area contributed by atoms with Crippen molar-refractivity contribution in [3.05, 3.63) is 12.2 Å². The SMILES string of the molecule is C1=C[C@@H]2C[C@H]1C[C@H]2CN1CCC(N2CCCCCC2)CC1. The van der Waals surface area contributed by atoms with Gasteiger partial charge in [0.05, 0.1) is 0 Å². The summed E-state index contributed by atoms with van der Waals surface area (Å²) in [6.45, 7) is 6.86. The number of piperidine rings is 1. The van der Waals surface area contributed by atoms with Crippen molar-refractivity contribution in [3.8, 4) is 0 Å². The Hall–Kier alpha value is -0.340. The highest BCUT2D eigenvalue weighted by Crippen LogP contribution is 2.43. The van der Waals surface area contributed by atoms with Crippen LogP contribution in [0.1, 0.15) is 51.4 Å². The van der Waals surface area contributed by atoms with E-state index in [1.165, 1.54) is 84.1 Å². The predicted octanol–water partition coefficient (Wildman–Crippen LogP) is 3.54. The van der Waals surface area contributed by atoms with Gasteiger partial charge in [0, 0.05) is 12.6 Å². The Morgan fingerprint density at radius 3 is 2.19 bits per heavy atom. The molecule has 2 aliphatic carbocycles. The molecule has 1 saturated carbocycles. The summed E-state index contributed by atoms with van der Waals surface area (Å²) in [6.07, 6.45) is 16.6. The highest BCUT2D eigenvalue weighted by atomic mass is 15.2. The number of nitrogens with zero attached hydrogens (tertiary/aromatic N) is 2. The summed E-state index contributed by atoms with van der Waals surface area (Å²) in [7, 11) is 0. The van der Waals surface area contributed by atoms with E-state index in [0.29, 0.717) is 0 Å². The maximum Gasteiger partial charge on any atom is 0.0120 e. The Morgan fingerprint density at radius 2 is 1.57 bits per heavy atom. The molecule has 2 nitrogen and oxygen atoms in total. The highest BCUT2D eigenvalue weighted by molar-refractivity contribution is 5.10. The van der Waals surface area contributed by atoms with Crippen molar-refractivity contribution in [3.63, 3.8) is 0 Å². The number of hydrogen-bond acceptors (Lipinski definition) is 2. The second-order valence-electron chi connectivity index (χ2n) is 8.02. The largest absolute Gasteiger partial charge is 0.303 e. The maximum atomic E-state index is 2.82. The fourth-order valence-corrected chi connectivity index (χ4v) is 5.36. The van der Waals surface area contributed by atoms with E-state index in [2.05, 4.69) is 22.0 Å². The number of allylic oxidation sites excluding steroid dienone is 2. The van der Waals surface area contributed by atoms with Crippen LogP contribution in [0.3, 0.4) is 0 Å². The zero-order valence-electron chi connectivity index (χ0n) is 13.6. The number of hydrogen-bond donors (Lipinski definition) is 0. The fourth-order valence-electron chi connectivity index (χ4n) is 5.36. The standard InChI is InChI=1S/C19H32N2/c1-2-4-10-21(9-3-1)19-7-11-20(12-8-19)15-18-14-16-5-6-17(18)13-16/h5-6,16-19H,1-4,7-15H2/t16-,17+,18-/m0/s1. The highest BCUT2D eigenvalue weighted by Gasteiger charge is 2.37. The summed E-state index contributed by atoms with van der Waals surface area (Å²) >= 11 is 0. The van der Waals surface area contributed by atoms with E-state index in [1.54, 1.807) is 0 Å². The molecule has 4 rings (SSSR count). The lowest BCUT2D eigenvalue weighted by Crippen LogP contribution is -2.46. The van der Waals surface area contributed by atoms with Crippen LogP contribution >= 0.6 is 0 Å². The van der Waals surface area contributed by atoms with Crippen LogP contribution in [0.2, 0.25) is 0 Å². The van der Waals surface area contributed by atoms with E-state index >= 15 is 0 Å². The van der Waals surface area contributed by atoms with E-state index in [4.69, 9.17) is 0 Å². The van der Waals surface area contributed by atoms with Crippen LogP contribution in [0.25, 0.3) is 0 Å². The second kappa shape index (κ2) is 6.42. The Morgan fingerprint density at radius 1 is 0.810 bits per heavy atom. The minimum absolute atomic E-state index is 0.902. The van der Waals surface area contributed by atoms with Gasteiger partial charge in [-0.2, -0.15) is 0 Å². The van der Waals surface area contributed by atoms with Crippen molar-refractivity contribution in [1.29, 1.82) is 0 Å². The Bertz CT molecular complexity index is 362. The molecule has 2 heterocycles.